The smallest absolute Gasteiger partial charge is 0.318 e. The van der Waals surface area contributed by atoms with Crippen LogP contribution in [0.4, 0.5) is 13.2 Å². The first-order valence-corrected chi connectivity index (χ1v) is 4.91. The molecular formula is C9H15F3N2. The number of hydrogen-bond acceptors (Lipinski definition) is 2. The second kappa shape index (κ2) is 2.85. The molecule has 2 saturated heterocycles. The Morgan fingerprint density at radius 1 is 1.21 bits per heavy atom. The van der Waals surface area contributed by atoms with E-state index in [1.807, 2.05) is 7.05 Å². The molecule has 2 aliphatic rings. The number of nitrogens with two attached hydrogens (primary N) is 1. The van der Waals surface area contributed by atoms with E-state index in [9.17, 15) is 13.2 Å². The lowest BCUT2D eigenvalue weighted by atomic mass is 9.83. The summed E-state index contributed by atoms with van der Waals surface area (Å²) in [6.07, 6.45) is -2.42. The molecule has 2 rings (SSSR count). The third kappa shape index (κ3) is 1.34. The zero-order valence-corrected chi connectivity index (χ0v) is 8.14. The van der Waals surface area contributed by atoms with Crippen molar-refractivity contribution in [3.63, 3.8) is 0 Å². The van der Waals surface area contributed by atoms with E-state index in [-0.39, 0.29) is 24.9 Å². The van der Waals surface area contributed by atoms with Crippen molar-refractivity contribution in [2.45, 2.75) is 49.5 Å². The Kier molecular flexibility index (Phi) is 2.09. The number of alkyl halides is 3. The summed E-state index contributed by atoms with van der Waals surface area (Å²) in [5, 5.41) is 0. The van der Waals surface area contributed by atoms with Crippen LogP contribution in [0.5, 0.6) is 0 Å². The van der Waals surface area contributed by atoms with E-state index < -0.39 is 11.7 Å². The number of hydrogen-bond donors (Lipinski definition) is 1. The van der Waals surface area contributed by atoms with E-state index in [1.54, 1.807) is 0 Å². The van der Waals surface area contributed by atoms with Crippen LogP contribution in [-0.2, 0) is 0 Å². The number of nitrogens with zero attached hydrogens (tertiary/aromatic N) is 1. The Labute approximate surface area is 81.2 Å². The van der Waals surface area contributed by atoms with Crippen molar-refractivity contribution in [2.24, 2.45) is 5.73 Å². The van der Waals surface area contributed by atoms with Crippen molar-refractivity contribution in [3.8, 4) is 0 Å². The lowest BCUT2D eigenvalue weighted by Crippen LogP contribution is -2.62. The van der Waals surface area contributed by atoms with E-state index in [4.69, 9.17) is 5.73 Å². The highest BCUT2D eigenvalue weighted by molar-refractivity contribution is 5.06. The summed E-state index contributed by atoms with van der Waals surface area (Å²) in [5.74, 6) is 0. The predicted molar refractivity (Wildman–Crippen MR) is 46.8 cm³/mol. The Balaban J connectivity index is 2.20. The van der Waals surface area contributed by atoms with Crippen LogP contribution in [0, 0.1) is 0 Å². The minimum Gasteiger partial charge on any atom is -0.318 e. The van der Waals surface area contributed by atoms with Gasteiger partial charge in [0.05, 0.1) is 0 Å². The molecule has 2 fully saturated rings. The molecule has 0 aromatic heterocycles. The molecule has 2 N–H and O–H groups in total. The summed E-state index contributed by atoms with van der Waals surface area (Å²) in [5.41, 5.74) is 3.53. The molecule has 2 bridgehead atoms. The normalized spacial score (nSPS) is 44.4. The quantitative estimate of drug-likeness (QED) is 0.653. The molecule has 2 atom stereocenters. The summed E-state index contributed by atoms with van der Waals surface area (Å²) in [6.45, 7) is 0. The summed E-state index contributed by atoms with van der Waals surface area (Å²) in [6, 6.07) is 0.0562. The standard InChI is InChI=1S/C9H15F3N2/c1-14-6-2-3-7(14)5-8(13,4-6)9(10,11)12/h6-7H,2-5,13H2,1H3. The molecule has 14 heavy (non-hydrogen) atoms. The van der Waals surface area contributed by atoms with E-state index in [0.717, 1.165) is 12.8 Å². The van der Waals surface area contributed by atoms with E-state index in [1.165, 1.54) is 0 Å². The van der Waals surface area contributed by atoms with Crippen molar-refractivity contribution < 1.29 is 13.2 Å². The van der Waals surface area contributed by atoms with Crippen LogP contribution in [0.15, 0.2) is 0 Å². The molecule has 0 spiro atoms. The number of piperidine rings is 1. The summed E-state index contributed by atoms with van der Waals surface area (Å²) in [7, 11) is 1.90. The van der Waals surface area contributed by atoms with E-state index in [2.05, 4.69) is 4.90 Å². The van der Waals surface area contributed by atoms with Gasteiger partial charge in [-0.3, -0.25) is 0 Å². The van der Waals surface area contributed by atoms with Gasteiger partial charge in [0.15, 0.2) is 0 Å². The molecule has 5 heteroatoms. The van der Waals surface area contributed by atoms with Crippen LogP contribution < -0.4 is 5.73 Å². The molecule has 2 heterocycles. The van der Waals surface area contributed by atoms with Gasteiger partial charge in [-0.15, -0.1) is 0 Å². The van der Waals surface area contributed by atoms with Gasteiger partial charge in [0.1, 0.15) is 5.54 Å². The van der Waals surface area contributed by atoms with Gasteiger partial charge in [-0.2, -0.15) is 13.2 Å². The van der Waals surface area contributed by atoms with E-state index >= 15 is 0 Å². The van der Waals surface area contributed by atoms with Crippen LogP contribution in [-0.4, -0.2) is 35.7 Å². The minimum atomic E-state index is -4.25. The molecular weight excluding hydrogens is 193 g/mol. The monoisotopic (exact) mass is 208 g/mol. The van der Waals surface area contributed by atoms with Crippen molar-refractivity contribution in [3.05, 3.63) is 0 Å². The van der Waals surface area contributed by atoms with Gasteiger partial charge in [-0.05, 0) is 32.7 Å². The van der Waals surface area contributed by atoms with Crippen molar-refractivity contribution in [1.29, 1.82) is 0 Å². The van der Waals surface area contributed by atoms with E-state index in [0.29, 0.717) is 0 Å². The van der Waals surface area contributed by atoms with Crippen LogP contribution >= 0.6 is 0 Å². The maximum Gasteiger partial charge on any atom is 0.406 e. The molecule has 0 saturated carbocycles. The fraction of sp³-hybridized carbons (Fsp3) is 1.00. The minimum absolute atomic E-state index is 0.0281. The van der Waals surface area contributed by atoms with Crippen LogP contribution in [0.1, 0.15) is 25.7 Å². The lowest BCUT2D eigenvalue weighted by Gasteiger charge is -2.43. The Hall–Kier alpha value is -0.290. The maximum absolute atomic E-state index is 12.7. The maximum atomic E-state index is 12.7. The molecule has 2 aliphatic heterocycles. The molecule has 0 amide bonds. The molecule has 2 nitrogen and oxygen atoms in total. The number of halogens is 3. The van der Waals surface area contributed by atoms with Crippen molar-refractivity contribution in [2.75, 3.05) is 7.05 Å². The van der Waals surface area contributed by atoms with Gasteiger partial charge in [0.2, 0.25) is 0 Å². The molecule has 0 aromatic rings. The molecule has 0 aromatic carbocycles. The average Bonchev–Trinajstić information content (AvgIpc) is 2.32. The van der Waals surface area contributed by atoms with Gasteiger partial charge >= 0.3 is 6.18 Å². The Bertz CT molecular complexity index is 225. The molecule has 82 valence electrons. The van der Waals surface area contributed by atoms with Gasteiger partial charge in [-0.1, -0.05) is 0 Å². The van der Waals surface area contributed by atoms with Gasteiger partial charge in [0.25, 0.3) is 0 Å². The second-order valence-corrected chi connectivity index (χ2v) is 4.61. The first-order chi connectivity index (χ1) is 6.33. The highest BCUT2D eigenvalue weighted by Crippen LogP contribution is 2.45. The van der Waals surface area contributed by atoms with Crippen LogP contribution in [0.2, 0.25) is 0 Å². The summed E-state index contributed by atoms with van der Waals surface area (Å²) < 4.78 is 38.1. The fourth-order valence-corrected chi connectivity index (χ4v) is 2.74. The fourth-order valence-electron chi connectivity index (χ4n) is 2.74. The third-order valence-corrected chi connectivity index (χ3v) is 3.75. The van der Waals surface area contributed by atoms with Crippen LogP contribution in [0.3, 0.4) is 0 Å². The second-order valence-electron chi connectivity index (χ2n) is 4.61. The SMILES string of the molecule is CN1C2CCC1CC(N)(C(F)(F)F)C2. The summed E-state index contributed by atoms with van der Waals surface area (Å²) in [4.78, 5) is 2.05. The Morgan fingerprint density at radius 3 is 2.00 bits per heavy atom. The first-order valence-electron chi connectivity index (χ1n) is 4.91. The molecule has 2 unspecified atom stereocenters. The van der Waals surface area contributed by atoms with Crippen molar-refractivity contribution >= 4 is 0 Å². The van der Waals surface area contributed by atoms with Crippen molar-refractivity contribution in [1.82, 2.24) is 4.90 Å². The third-order valence-electron chi connectivity index (χ3n) is 3.75. The zero-order chi connectivity index (χ0) is 10.6. The molecule has 0 aliphatic carbocycles. The predicted octanol–water partition coefficient (Wildman–Crippen LogP) is 1.50. The lowest BCUT2D eigenvalue weighted by molar-refractivity contribution is -0.202. The number of fused-ring (bicyclic) bond motifs is 2. The highest BCUT2D eigenvalue weighted by atomic mass is 19.4. The van der Waals surface area contributed by atoms with Gasteiger partial charge < -0.3 is 10.6 Å². The highest BCUT2D eigenvalue weighted by Gasteiger charge is 2.58. The topological polar surface area (TPSA) is 29.3 Å². The summed E-state index contributed by atoms with van der Waals surface area (Å²) >= 11 is 0. The largest absolute Gasteiger partial charge is 0.406 e. The zero-order valence-electron chi connectivity index (χ0n) is 8.14. The number of rotatable bonds is 0. The average molecular weight is 208 g/mol. The first kappa shape index (κ1) is 10.2. The van der Waals surface area contributed by atoms with Crippen LogP contribution in [0.25, 0.3) is 0 Å². The Morgan fingerprint density at radius 2 is 1.64 bits per heavy atom. The van der Waals surface area contributed by atoms with Gasteiger partial charge in [0, 0.05) is 12.1 Å². The molecule has 0 radical (unpaired) electrons. The van der Waals surface area contributed by atoms with Gasteiger partial charge in [-0.25, -0.2) is 0 Å².